The van der Waals surface area contributed by atoms with Crippen molar-refractivity contribution in [2.24, 2.45) is 0 Å². The van der Waals surface area contributed by atoms with Gasteiger partial charge >= 0.3 is 66.4 Å². The van der Waals surface area contributed by atoms with Crippen LogP contribution in [0.1, 0.15) is 63.7 Å². The molecule has 0 N–H and O–H groups in total. The first kappa shape index (κ1) is 73.6. The first-order valence-electron chi connectivity index (χ1n) is 24.4. The largest absolute Gasteiger partial charge is 3.00 e. The van der Waals surface area contributed by atoms with E-state index >= 15 is 0 Å². The smallest absolute Gasteiger partial charge is 0.870 e. The fourth-order valence-electron chi connectivity index (χ4n) is 8.16. The van der Waals surface area contributed by atoms with Gasteiger partial charge in [-0.15, -0.1) is 0 Å². The van der Waals surface area contributed by atoms with E-state index in [2.05, 4.69) is 21.7 Å². The third-order valence-corrected chi connectivity index (χ3v) is 11.6. The summed E-state index contributed by atoms with van der Waals surface area (Å²) in [5, 5.41) is 90.8. The number of carbonyl (C=O) groups excluding carboxylic acids is 2. The van der Waals surface area contributed by atoms with Crippen LogP contribution in [0.3, 0.4) is 0 Å². The van der Waals surface area contributed by atoms with Crippen LogP contribution >= 0.6 is 0 Å². The van der Waals surface area contributed by atoms with Gasteiger partial charge in [0.15, 0.2) is 0 Å². The van der Waals surface area contributed by atoms with E-state index in [1.165, 1.54) is 35.0 Å². The average Bonchev–Trinajstić information content (AvgIpc) is 3.40. The monoisotopic (exact) mass is 1310 g/mol. The maximum absolute atomic E-state index is 12.4. The minimum Gasteiger partial charge on any atom is -0.870 e. The number of aromatic carboxylic acids is 2. The maximum Gasteiger partial charge on any atom is 3.00 e. The predicted molar refractivity (Wildman–Crippen MR) is 300 cm³/mol. The van der Waals surface area contributed by atoms with Crippen molar-refractivity contribution in [1.82, 2.24) is 14.7 Å². The van der Waals surface area contributed by atoms with E-state index in [0.29, 0.717) is 24.6 Å². The average molecular weight is 1310 g/mol. The molecule has 81 heavy (non-hydrogen) atoms. The number of rotatable bonds is 14. The summed E-state index contributed by atoms with van der Waals surface area (Å²) >= 11 is 0. The Morgan fingerprint density at radius 1 is 0.506 bits per heavy atom. The van der Waals surface area contributed by atoms with Crippen LogP contribution in [0.15, 0.2) is 133 Å². The van der Waals surface area contributed by atoms with Crippen LogP contribution < -0.4 is 29.9 Å². The number of hydrogen-bond donors (Lipinski definition) is 0. The Labute approximate surface area is 524 Å². The van der Waals surface area contributed by atoms with Gasteiger partial charge < -0.3 is 69.5 Å². The van der Waals surface area contributed by atoms with Crippen molar-refractivity contribution in [2.75, 3.05) is 61.5 Å². The van der Waals surface area contributed by atoms with Crippen molar-refractivity contribution in [2.45, 2.75) is 47.7 Å². The summed E-state index contributed by atoms with van der Waals surface area (Å²) in [6.07, 6.45) is 0. The summed E-state index contributed by atoms with van der Waals surface area (Å²) in [6.45, 7) is 12.9. The number of methoxy groups -OCH3 is 2. The van der Waals surface area contributed by atoms with Crippen molar-refractivity contribution < 1.29 is 111 Å². The molecule has 0 aliphatic heterocycles. The second kappa shape index (κ2) is 39.1. The summed E-state index contributed by atoms with van der Waals surface area (Å²) < 4.78 is 10.4. The molecule has 8 rings (SSSR count). The molecule has 8 aromatic rings. The quantitative estimate of drug-likeness (QED) is 0.0431. The first-order chi connectivity index (χ1) is 37.7. The zero-order valence-corrected chi connectivity index (χ0v) is 51.7. The normalized spacial score (nSPS) is 9.70. The van der Waals surface area contributed by atoms with Crippen molar-refractivity contribution >= 4 is 55.0 Å². The Morgan fingerprint density at radius 3 is 0.975 bits per heavy atom. The molecule has 18 nitrogen and oxygen atoms in total. The molecule has 0 saturated carbocycles. The van der Waals surface area contributed by atoms with E-state index in [1.807, 2.05) is 149 Å². The molecule has 0 heterocycles. The van der Waals surface area contributed by atoms with Gasteiger partial charge in [-0.1, -0.05) is 121 Å². The molecule has 8 aromatic carbocycles. The molecule has 1 radical (unpaired) electrons. The number of nitriles is 3. The van der Waals surface area contributed by atoms with Crippen molar-refractivity contribution in [3.05, 3.63) is 182 Å². The Kier molecular flexibility index (Phi) is 35.5. The van der Waals surface area contributed by atoms with Crippen LogP contribution in [0.2, 0.25) is 0 Å². The number of benzene rings is 8. The van der Waals surface area contributed by atoms with Crippen molar-refractivity contribution in [3.8, 4) is 41.2 Å². The van der Waals surface area contributed by atoms with E-state index in [0.717, 1.165) is 91.5 Å². The molecular weight excluding hydrogens is 1250 g/mol. The molecule has 0 fully saturated rings. The Balaban J connectivity index is 0.00000111. The topological polar surface area (TPSA) is 292 Å². The van der Waals surface area contributed by atoms with E-state index < -0.39 is 17.0 Å². The molecule has 425 valence electrons. The molecule has 0 saturated heterocycles. The minimum absolute atomic E-state index is 0. The third-order valence-electron chi connectivity index (χ3n) is 11.6. The molecular formula is C61H64N7O11YbZn. The van der Waals surface area contributed by atoms with Crippen LogP contribution in [0.5, 0.6) is 23.0 Å². The third kappa shape index (κ3) is 24.1. The van der Waals surface area contributed by atoms with E-state index in [4.69, 9.17) is 40.6 Å². The Bertz CT molecular complexity index is 3100. The van der Waals surface area contributed by atoms with Crippen molar-refractivity contribution in [3.63, 3.8) is 0 Å². The summed E-state index contributed by atoms with van der Waals surface area (Å²) in [6, 6.07) is 46.5. The van der Waals surface area contributed by atoms with Gasteiger partial charge in [0, 0.05) is 71.2 Å². The van der Waals surface area contributed by atoms with Crippen LogP contribution in [-0.4, -0.2) is 93.3 Å². The fourth-order valence-corrected chi connectivity index (χ4v) is 8.16. The second-order valence-electron chi connectivity index (χ2n) is 17.5. The van der Waals surface area contributed by atoms with E-state index in [1.54, 1.807) is 30.3 Å². The molecule has 0 atom stereocenters. The minimum atomic E-state index is -1.75. The van der Waals surface area contributed by atoms with Crippen molar-refractivity contribution in [1.29, 1.82) is 15.8 Å². The molecule has 0 aliphatic carbocycles. The fraction of sp³-hybridized carbons (Fsp3) is 0.262. The molecule has 0 spiro atoms. The van der Waals surface area contributed by atoms with E-state index in [9.17, 15) is 30.0 Å². The number of fused-ring (bicyclic) bond motifs is 4. The molecule has 0 unspecified atom stereocenters. The van der Waals surface area contributed by atoms with Gasteiger partial charge in [-0.25, -0.2) is 0 Å². The molecule has 20 heteroatoms. The number of likely N-dealkylation sites (N-methyl/N-ethyl adjacent to an activating group) is 3. The van der Waals surface area contributed by atoms with Gasteiger partial charge in [-0.05, 0) is 125 Å². The number of ether oxygens (including phenoxy) is 2. The number of carboxylic acid groups (broad SMARTS) is 2. The number of nitrogens with zero attached hydrogens (tertiary/aromatic N) is 7. The Hall–Kier alpha value is -7.37. The SMILES string of the molecule is CC#N.CC#N.CC#N.COc1cc(C)cc(CN(C)CCN(C)CCN(C)Cc2cc(C)cc(OC)c2[O-])c1[O-].O=C([O-])c1c2ccccc2cc2ccccc12.O=C([O-])c1c2ccccc2cc2ccccc12.O=[N+]([O-])[O-].[Yb+3].[Zn+2]. The molecule has 0 bridgehead atoms. The van der Waals surface area contributed by atoms with Crippen LogP contribution in [-0.2, 0) is 32.6 Å². The first-order valence-corrected chi connectivity index (χ1v) is 24.4. The zero-order valence-electron chi connectivity index (χ0n) is 47.0. The summed E-state index contributed by atoms with van der Waals surface area (Å²) in [4.78, 5) is 37.4. The van der Waals surface area contributed by atoms with Gasteiger partial charge in [0.1, 0.15) is 11.5 Å². The Morgan fingerprint density at radius 2 is 0.741 bits per heavy atom. The number of carbonyl (C=O) groups is 2. The van der Waals surface area contributed by atoms with E-state index in [-0.39, 0.29) is 89.0 Å². The maximum atomic E-state index is 12.4. The summed E-state index contributed by atoms with van der Waals surface area (Å²) in [5.41, 5.74) is 4.12. The second-order valence-corrected chi connectivity index (χ2v) is 17.5. The molecule has 0 aromatic heterocycles. The summed E-state index contributed by atoms with van der Waals surface area (Å²) in [5.74, 6) is -1.52. The van der Waals surface area contributed by atoms with Crippen LogP contribution in [0.4, 0.5) is 0 Å². The van der Waals surface area contributed by atoms with Gasteiger partial charge in [0.05, 0.1) is 49.5 Å². The summed E-state index contributed by atoms with van der Waals surface area (Å²) in [7, 11) is 9.20. The standard InChI is InChI=1S/C25H39N3O4.2C15H10O2.3C2H3N.NO3.Yb.Zn/c1-18-12-20(24(29)22(14-18)31-6)16-27(4)10-8-26(3)9-11-28(5)17-21-13-19(2)15-23(32-7)25(21)30;2*16-15(17)14-12-7-3-1-5-10(12)9-11-6-2-4-8-13(11)14;3*1-2-3;2-1(3)4;;/h12-15,29-30H,8-11,16-17H2,1-7H3;2*1-9H,(H,16,17);3*1H3;;;/q;;;;;;-1;+3;+2/p-4. The van der Waals surface area contributed by atoms with Gasteiger partial charge in [-0.2, -0.15) is 15.8 Å². The number of aryl methyl sites for hydroxylation is 2. The van der Waals surface area contributed by atoms with Gasteiger partial charge in [0.25, 0.3) is 0 Å². The zero-order chi connectivity index (χ0) is 59.2. The van der Waals surface area contributed by atoms with Crippen LogP contribution in [0.25, 0.3) is 43.1 Å². The predicted octanol–water partition coefficient (Wildman–Crippen LogP) is 8.02. The molecule has 0 aliphatic rings. The van der Waals surface area contributed by atoms with Gasteiger partial charge in [0.2, 0.25) is 0 Å². The number of hydrogen-bond acceptors (Lipinski definition) is 17. The van der Waals surface area contributed by atoms with Gasteiger partial charge in [-0.3, -0.25) is 0 Å². The van der Waals surface area contributed by atoms with Crippen LogP contribution in [0, 0.1) is 110 Å². The number of carboxylic acids is 2. The molecule has 0 amide bonds.